The van der Waals surface area contributed by atoms with Gasteiger partial charge in [-0.05, 0) is 55.6 Å². The number of esters is 2. The predicted octanol–water partition coefficient (Wildman–Crippen LogP) is 7.03. The molecule has 2 fully saturated rings. The highest BCUT2D eigenvalue weighted by molar-refractivity contribution is 5.79. The third-order valence-electron chi connectivity index (χ3n) is 7.57. The van der Waals surface area contributed by atoms with Crippen molar-refractivity contribution in [2.24, 2.45) is 17.8 Å². The minimum atomic E-state index is -0.572. The lowest BCUT2D eigenvalue weighted by Crippen LogP contribution is -2.13. The molecule has 0 bridgehead atoms. The van der Waals surface area contributed by atoms with Crippen molar-refractivity contribution in [2.75, 3.05) is 20.3 Å². The van der Waals surface area contributed by atoms with Gasteiger partial charge in [0.2, 0.25) is 0 Å². The van der Waals surface area contributed by atoms with Crippen LogP contribution in [0.15, 0.2) is 24.3 Å². The number of hydrogen-bond acceptors (Lipinski definition) is 7. The summed E-state index contributed by atoms with van der Waals surface area (Å²) in [5, 5.41) is 10.6. The van der Waals surface area contributed by atoms with Crippen molar-refractivity contribution in [2.45, 2.75) is 96.8 Å². The second-order valence-electron chi connectivity index (χ2n) is 10.2. The molecular weight excluding hydrogens is 474 g/mol. The summed E-state index contributed by atoms with van der Waals surface area (Å²) in [6.45, 7) is 3.58. The quantitative estimate of drug-likeness (QED) is 0.0853. The summed E-state index contributed by atoms with van der Waals surface area (Å²) in [5.74, 6) is 1.84. The van der Waals surface area contributed by atoms with E-state index in [0.29, 0.717) is 6.61 Å². The van der Waals surface area contributed by atoms with Gasteiger partial charge in [0, 0.05) is 25.8 Å². The zero-order chi connectivity index (χ0) is 26.9. The fourth-order valence-electron chi connectivity index (χ4n) is 5.47. The highest BCUT2D eigenvalue weighted by Gasteiger charge is 2.25. The number of hydrogen-bond donors (Lipinski definition) is 0. The van der Waals surface area contributed by atoms with E-state index in [1.165, 1.54) is 88.5 Å². The molecule has 1 aromatic carbocycles. The van der Waals surface area contributed by atoms with E-state index in [1.54, 1.807) is 7.11 Å². The maximum Gasteiger partial charge on any atom is 0.311 e. The van der Waals surface area contributed by atoms with Gasteiger partial charge in [-0.3, -0.25) is 19.7 Å². The Kier molecular flexibility index (Phi) is 14.9. The Balaban J connectivity index is 0.000000402. The number of nitro benzene ring substituents is 1. The molecule has 0 aromatic heterocycles. The van der Waals surface area contributed by atoms with Crippen molar-refractivity contribution in [1.29, 1.82) is 0 Å². The molecule has 37 heavy (non-hydrogen) atoms. The van der Waals surface area contributed by atoms with Crippen LogP contribution >= 0.6 is 0 Å². The Morgan fingerprint density at radius 2 is 1.54 bits per heavy atom. The Morgan fingerprint density at radius 3 is 2.19 bits per heavy atom. The number of ether oxygens (including phenoxy) is 3. The van der Waals surface area contributed by atoms with Gasteiger partial charge in [0.05, 0.1) is 24.4 Å². The van der Waals surface area contributed by atoms with Crippen LogP contribution in [-0.2, 0) is 19.1 Å². The van der Waals surface area contributed by atoms with Crippen LogP contribution in [0.25, 0.3) is 0 Å². The van der Waals surface area contributed by atoms with E-state index in [-0.39, 0.29) is 24.3 Å². The van der Waals surface area contributed by atoms with Crippen LogP contribution in [-0.4, -0.2) is 37.2 Å². The first-order valence-corrected chi connectivity index (χ1v) is 14.0. The number of nitro groups is 1. The van der Waals surface area contributed by atoms with Gasteiger partial charge in [0.1, 0.15) is 5.75 Å². The molecule has 0 amide bonds. The van der Waals surface area contributed by atoms with E-state index in [0.717, 1.165) is 37.2 Å². The smallest absolute Gasteiger partial charge is 0.311 e. The van der Waals surface area contributed by atoms with E-state index in [9.17, 15) is 19.7 Å². The minimum Gasteiger partial charge on any atom is -0.466 e. The van der Waals surface area contributed by atoms with Gasteiger partial charge in [-0.2, -0.15) is 0 Å². The molecular formula is C29H45NO7. The Labute approximate surface area is 221 Å². The first-order chi connectivity index (χ1) is 17.9. The molecule has 3 rings (SSSR count). The van der Waals surface area contributed by atoms with Crippen LogP contribution in [0.4, 0.5) is 5.69 Å². The van der Waals surface area contributed by atoms with Crippen LogP contribution in [0.2, 0.25) is 0 Å². The van der Waals surface area contributed by atoms with E-state index in [2.05, 4.69) is 6.92 Å². The Bertz CT molecular complexity index is 805. The number of non-ortho nitro benzene ring substituents is 1. The SMILES string of the molecule is CCC1CCCC1CCCOC(=O)CCC(=O)Oc1ccc([N+](=O)[O-])cc1.COCCCC1CCCC1. The van der Waals surface area contributed by atoms with E-state index in [1.807, 2.05) is 0 Å². The standard InChI is InChI=1S/C20H27NO6.C9H18O/c1-2-15-5-3-6-16(15)7-4-14-26-19(22)12-13-20(23)27-18-10-8-17(9-11-18)21(24)25;1-10-8-4-7-9-5-2-3-6-9/h8-11,15-16H,2-7,12-14H2,1H3;9H,2-8H2,1H3. The molecule has 0 spiro atoms. The first-order valence-electron chi connectivity index (χ1n) is 14.0. The number of benzene rings is 1. The first kappa shape index (κ1) is 30.7. The van der Waals surface area contributed by atoms with Gasteiger partial charge in [0.25, 0.3) is 5.69 Å². The number of methoxy groups -OCH3 is 1. The lowest BCUT2D eigenvalue weighted by atomic mass is 9.90. The highest BCUT2D eigenvalue weighted by atomic mass is 16.6. The topological polar surface area (TPSA) is 105 Å². The van der Waals surface area contributed by atoms with Gasteiger partial charge in [0.15, 0.2) is 0 Å². The van der Waals surface area contributed by atoms with Crippen molar-refractivity contribution in [1.82, 2.24) is 0 Å². The summed E-state index contributed by atoms with van der Waals surface area (Å²) in [4.78, 5) is 33.5. The van der Waals surface area contributed by atoms with Crippen molar-refractivity contribution in [3.05, 3.63) is 34.4 Å². The molecule has 0 N–H and O–H groups in total. The van der Waals surface area contributed by atoms with Gasteiger partial charge >= 0.3 is 11.9 Å². The fraction of sp³-hybridized carbons (Fsp3) is 0.724. The Morgan fingerprint density at radius 1 is 0.892 bits per heavy atom. The molecule has 0 heterocycles. The number of carbonyl (C=O) groups is 2. The molecule has 1 aromatic rings. The Hall–Kier alpha value is -2.48. The van der Waals surface area contributed by atoms with Crippen LogP contribution in [0, 0.1) is 27.9 Å². The summed E-state index contributed by atoms with van der Waals surface area (Å²) in [6, 6.07) is 5.20. The number of rotatable bonds is 14. The third kappa shape index (κ3) is 12.5. The number of nitrogens with zero attached hydrogens (tertiary/aromatic N) is 1. The average Bonchev–Trinajstić information content (AvgIpc) is 3.58. The molecule has 2 saturated carbocycles. The van der Waals surface area contributed by atoms with Gasteiger partial charge in [-0.15, -0.1) is 0 Å². The van der Waals surface area contributed by atoms with Crippen molar-refractivity contribution in [3.63, 3.8) is 0 Å². The summed E-state index contributed by atoms with van der Waals surface area (Å²) in [5.41, 5.74) is -0.0822. The van der Waals surface area contributed by atoms with Crippen LogP contribution in [0.3, 0.4) is 0 Å². The van der Waals surface area contributed by atoms with Gasteiger partial charge in [-0.1, -0.05) is 58.3 Å². The molecule has 0 aliphatic heterocycles. The van der Waals surface area contributed by atoms with E-state index < -0.39 is 16.9 Å². The molecule has 0 saturated heterocycles. The van der Waals surface area contributed by atoms with Gasteiger partial charge < -0.3 is 14.2 Å². The molecule has 8 nitrogen and oxygen atoms in total. The lowest BCUT2D eigenvalue weighted by molar-refractivity contribution is -0.384. The maximum absolute atomic E-state index is 11.7. The molecule has 0 radical (unpaired) electrons. The van der Waals surface area contributed by atoms with Crippen LogP contribution in [0.1, 0.15) is 96.8 Å². The van der Waals surface area contributed by atoms with Crippen LogP contribution in [0.5, 0.6) is 5.75 Å². The van der Waals surface area contributed by atoms with Crippen molar-refractivity contribution < 1.29 is 28.7 Å². The zero-order valence-corrected chi connectivity index (χ0v) is 22.7. The predicted molar refractivity (Wildman–Crippen MR) is 142 cm³/mol. The monoisotopic (exact) mass is 519 g/mol. The lowest BCUT2D eigenvalue weighted by Gasteiger charge is -2.17. The second-order valence-corrected chi connectivity index (χ2v) is 10.2. The average molecular weight is 520 g/mol. The summed E-state index contributed by atoms with van der Waals surface area (Å²) in [7, 11) is 1.79. The molecule has 8 heteroatoms. The highest BCUT2D eigenvalue weighted by Crippen LogP contribution is 2.36. The number of carbonyl (C=O) groups excluding carboxylic acids is 2. The fourth-order valence-corrected chi connectivity index (χ4v) is 5.47. The normalized spacial score (nSPS) is 19.2. The summed E-state index contributed by atoms with van der Waals surface area (Å²) in [6.07, 6.45) is 15.5. The maximum atomic E-state index is 11.7. The summed E-state index contributed by atoms with van der Waals surface area (Å²) < 4.78 is 15.2. The summed E-state index contributed by atoms with van der Waals surface area (Å²) >= 11 is 0. The minimum absolute atomic E-state index is 0.0349. The van der Waals surface area contributed by atoms with E-state index in [4.69, 9.17) is 14.2 Å². The largest absolute Gasteiger partial charge is 0.466 e. The van der Waals surface area contributed by atoms with Crippen molar-refractivity contribution in [3.8, 4) is 5.75 Å². The second kappa shape index (κ2) is 17.9. The molecule has 2 atom stereocenters. The zero-order valence-electron chi connectivity index (χ0n) is 22.7. The van der Waals surface area contributed by atoms with Crippen LogP contribution < -0.4 is 4.74 Å². The van der Waals surface area contributed by atoms with Gasteiger partial charge in [-0.25, -0.2) is 0 Å². The molecule has 2 unspecified atom stereocenters. The van der Waals surface area contributed by atoms with E-state index >= 15 is 0 Å². The molecule has 2 aliphatic carbocycles. The third-order valence-corrected chi connectivity index (χ3v) is 7.57. The molecule has 2 aliphatic rings. The van der Waals surface area contributed by atoms with Crippen molar-refractivity contribution >= 4 is 17.6 Å². The molecule has 208 valence electrons.